The van der Waals surface area contributed by atoms with Crippen LogP contribution in [0.5, 0.6) is 0 Å². The van der Waals surface area contributed by atoms with Crippen LogP contribution in [0.2, 0.25) is 5.02 Å². The molecule has 2 nitrogen and oxygen atoms in total. The van der Waals surface area contributed by atoms with E-state index in [1.54, 1.807) is 0 Å². The summed E-state index contributed by atoms with van der Waals surface area (Å²) < 4.78 is 5.74. The Morgan fingerprint density at radius 2 is 2.29 bits per heavy atom. The van der Waals surface area contributed by atoms with Crippen LogP contribution < -0.4 is 5.32 Å². The average Bonchev–Trinajstić information content (AvgIpc) is 2.97. The van der Waals surface area contributed by atoms with E-state index >= 15 is 0 Å². The summed E-state index contributed by atoms with van der Waals surface area (Å²) in [5.41, 5.74) is 2.48. The third-order valence-corrected chi connectivity index (χ3v) is 4.57. The molecule has 2 rings (SSSR count). The van der Waals surface area contributed by atoms with E-state index in [0.717, 1.165) is 43.9 Å². The first-order chi connectivity index (χ1) is 10.2. The molecule has 1 aromatic carbocycles. The SMILES string of the molecule is CCCNC(CCC1CCCO1)Cc1ccc(C)cc1Cl. The van der Waals surface area contributed by atoms with Crippen LogP contribution in [0.4, 0.5) is 0 Å². The Morgan fingerprint density at radius 3 is 2.95 bits per heavy atom. The highest BCUT2D eigenvalue weighted by Crippen LogP contribution is 2.22. The largest absolute Gasteiger partial charge is 0.378 e. The summed E-state index contributed by atoms with van der Waals surface area (Å²) in [5.74, 6) is 0. The van der Waals surface area contributed by atoms with Gasteiger partial charge in [0.2, 0.25) is 0 Å². The fourth-order valence-electron chi connectivity index (χ4n) is 2.97. The smallest absolute Gasteiger partial charge is 0.0576 e. The molecule has 2 unspecified atom stereocenters. The van der Waals surface area contributed by atoms with Gasteiger partial charge in [0.15, 0.2) is 0 Å². The first-order valence-corrected chi connectivity index (χ1v) is 8.67. The molecule has 0 amide bonds. The molecule has 0 aromatic heterocycles. The summed E-state index contributed by atoms with van der Waals surface area (Å²) in [5, 5.41) is 4.57. The highest BCUT2D eigenvalue weighted by atomic mass is 35.5. The van der Waals surface area contributed by atoms with E-state index in [-0.39, 0.29) is 0 Å². The average molecular weight is 310 g/mol. The number of rotatable bonds is 8. The second-order valence-corrected chi connectivity index (χ2v) is 6.57. The molecule has 3 heteroatoms. The lowest BCUT2D eigenvalue weighted by molar-refractivity contribution is 0.0995. The molecule has 2 atom stereocenters. The van der Waals surface area contributed by atoms with Gasteiger partial charge in [-0.3, -0.25) is 0 Å². The number of hydrogen-bond donors (Lipinski definition) is 1. The van der Waals surface area contributed by atoms with Gasteiger partial charge in [0.1, 0.15) is 0 Å². The first kappa shape index (κ1) is 16.8. The Bertz CT molecular complexity index is 429. The molecule has 0 radical (unpaired) electrons. The van der Waals surface area contributed by atoms with E-state index < -0.39 is 0 Å². The van der Waals surface area contributed by atoms with Crippen molar-refractivity contribution in [3.05, 3.63) is 34.3 Å². The lowest BCUT2D eigenvalue weighted by atomic mass is 9.98. The maximum atomic E-state index is 6.38. The van der Waals surface area contributed by atoms with Crippen molar-refractivity contribution in [1.82, 2.24) is 5.32 Å². The summed E-state index contributed by atoms with van der Waals surface area (Å²) in [6.45, 7) is 6.31. The molecule has 1 N–H and O–H groups in total. The van der Waals surface area contributed by atoms with Gasteiger partial charge in [0.25, 0.3) is 0 Å². The monoisotopic (exact) mass is 309 g/mol. The lowest BCUT2D eigenvalue weighted by Crippen LogP contribution is -2.32. The zero-order valence-electron chi connectivity index (χ0n) is 13.3. The van der Waals surface area contributed by atoms with E-state index in [1.807, 2.05) is 0 Å². The maximum Gasteiger partial charge on any atom is 0.0576 e. The van der Waals surface area contributed by atoms with Crippen LogP contribution in [0, 0.1) is 6.92 Å². The topological polar surface area (TPSA) is 21.3 Å². The van der Waals surface area contributed by atoms with Crippen molar-refractivity contribution in [3.8, 4) is 0 Å². The number of ether oxygens (including phenoxy) is 1. The highest BCUT2D eigenvalue weighted by molar-refractivity contribution is 6.31. The third kappa shape index (κ3) is 5.61. The van der Waals surface area contributed by atoms with Crippen LogP contribution >= 0.6 is 11.6 Å². The predicted octanol–water partition coefficient (Wildman–Crippen LogP) is 4.52. The van der Waals surface area contributed by atoms with Crippen molar-refractivity contribution in [2.24, 2.45) is 0 Å². The van der Waals surface area contributed by atoms with E-state index in [4.69, 9.17) is 16.3 Å². The van der Waals surface area contributed by atoms with Crippen molar-refractivity contribution in [3.63, 3.8) is 0 Å². The summed E-state index contributed by atoms with van der Waals surface area (Å²) in [4.78, 5) is 0. The Balaban J connectivity index is 1.90. The zero-order chi connectivity index (χ0) is 15.1. The summed E-state index contributed by atoms with van der Waals surface area (Å²) >= 11 is 6.38. The van der Waals surface area contributed by atoms with Gasteiger partial charge < -0.3 is 10.1 Å². The zero-order valence-corrected chi connectivity index (χ0v) is 14.1. The molecule has 1 fully saturated rings. The minimum absolute atomic E-state index is 0.476. The molecule has 1 aromatic rings. The second-order valence-electron chi connectivity index (χ2n) is 6.16. The van der Waals surface area contributed by atoms with Gasteiger partial charge in [-0.05, 0) is 69.2 Å². The molecule has 1 aliphatic rings. The van der Waals surface area contributed by atoms with Gasteiger partial charge in [-0.15, -0.1) is 0 Å². The maximum absolute atomic E-state index is 6.38. The van der Waals surface area contributed by atoms with Gasteiger partial charge in [-0.25, -0.2) is 0 Å². The molecule has 0 saturated carbocycles. The quantitative estimate of drug-likeness (QED) is 0.762. The minimum atomic E-state index is 0.476. The Hall–Kier alpha value is -0.570. The minimum Gasteiger partial charge on any atom is -0.378 e. The number of nitrogens with one attached hydrogen (secondary N) is 1. The Kier molecular flexibility index (Phi) is 7.01. The molecular weight excluding hydrogens is 282 g/mol. The van der Waals surface area contributed by atoms with Gasteiger partial charge in [-0.2, -0.15) is 0 Å². The van der Waals surface area contributed by atoms with Crippen LogP contribution in [0.25, 0.3) is 0 Å². The molecule has 0 bridgehead atoms. The van der Waals surface area contributed by atoms with Crippen molar-refractivity contribution in [2.45, 2.75) is 64.5 Å². The van der Waals surface area contributed by atoms with Crippen LogP contribution in [0.1, 0.15) is 50.2 Å². The summed E-state index contributed by atoms with van der Waals surface area (Å²) in [6.07, 6.45) is 7.42. The first-order valence-electron chi connectivity index (χ1n) is 8.29. The molecule has 1 saturated heterocycles. The number of halogens is 1. The van der Waals surface area contributed by atoms with Crippen LogP contribution in [-0.2, 0) is 11.2 Å². The van der Waals surface area contributed by atoms with E-state index in [0.29, 0.717) is 12.1 Å². The summed E-state index contributed by atoms with van der Waals surface area (Å²) in [7, 11) is 0. The van der Waals surface area contributed by atoms with Gasteiger partial charge in [-0.1, -0.05) is 30.7 Å². The van der Waals surface area contributed by atoms with Gasteiger partial charge in [0, 0.05) is 17.7 Å². The molecule has 0 spiro atoms. The van der Waals surface area contributed by atoms with Gasteiger partial charge in [0.05, 0.1) is 6.10 Å². The van der Waals surface area contributed by atoms with Gasteiger partial charge >= 0.3 is 0 Å². The molecule has 0 aliphatic carbocycles. The second kappa shape index (κ2) is 8.77. The third-order valence-electron chi connectivity index (χ3n) is 4.22. The molecule has 118 valence electrons. The Labute approximate surface area is 134 Å². The predicted molar refractivity (Wildman–Crippen MR) is 90.2 cm³/mol. The number of benzene rings is 1. The lowest BCUT2D eigenvalue weighted by Gasteiger charge is -2.21. The fourth-order valence-corrected chi connectivity index (χ4v) is 3.28. The Morgan fingerprint density at radius 1 is 1.43 bits per heavy atom. The molecule has 21 heavy (non-hydrogen) atoms. The normalized spacial score (nSPS) is 19.9. The van der Waals surface area contributed by atoms with Crippen molar-refractivity contribution < 1.29 is 4.74 Å². The van der Waals surface area contributed by atoms with E-state index in [1.165, 1.54) is 24.0 Å². The number of aryl methyl sites for hydroxylation is 1. The van der Waals surface area contributed by atoms with Crippen LogP contribution in [-0.4, -0.2) is 25.3 Å². The van der Waals surface area contributed by atoms with E-state index in [2.05, 4.69) is 37.4 Å². The molecule has 1 aliphatic heterocycles. The van der Waals surface area contributed by atoms with Crippen molar-refractivity contribution >= 4 is 11.6 Å². The van der Waals surface area contributed by atoms with Crippen molar-refractivity contribution in [2.75, 3.05) is 13.2 Å². The standard InChI is InChI=1S/C18H28ClNO/c1-3-10-20-16(8-9-17-5-4-11-21-17)13-15-7-6-14(2)12-18(15)19/h6-7,12,16-17,20H,3-5,8-11,13H2,1-2H3. The summed E-state index contributed by atoms with van der Waals surface area (Å²) in [6, 6.07) is 6.88. The molecule has 1 heterocycles. The van der Waals surface area contributed by atoms with Crippen molar-refractivity contribution in [1.29, 1.82) is 0 Å². The molecular formula is C18H28ClNO. The highest BCUT2D eigenvalue weighted by Gasteiger charge is 2.18. The fraction of sp³-hybridized carbons (Fsp3) is 0.667. The van der Waals surface area contributed by atoms with Crippen LogP contribution in [0.15, 0.2) is 18.2 Å². The van der Waals surface area contributed by atoms with Crippen LogP contribution in [0.3, 0.4) is 0 Å². The van der Waals surface area contributed by atoms with E-state index in [9.17, 15) is 0 Å². The number of hydrogen-bond acceptors (Lipinski definition) is 2.